The van der Waals surface area contributed by atoms with E-state index < -0.39 is 6.03 Å². The van der Waals surface area contributed by atoms with Crippen molar-refractivity contribution in [2.45, 2.75) is 45.6 Å². The maximum Gasteiger partial charge on any atom is 0.317 e. The lowest BCUT2D eigenvalue weighted by Crippen LogP contribution is -2.28. The normalized spacial score (nSPS) is 15.6. The molecule has 0 saturated heterocycles. The van der Waals surface area contributed by atoms with Crippen LogP contribution < -0.4 is 11.1 Å². The van der Waals surface area contributed by atoms with Gasteiger partial charge in [-0.1, -0.05) is 56.3 Å². The van der Waals surface area contributed by atoms with E-state index in [0.29, 0.717) is 17.3 Å². The van der Waals surface area contributed by atoms with Gasteiger partial charge in [0.05, 0.1) is 11.8 Å². The fourth-order valence-corrected chi connectivity index (χ4v) is 4.27. The predicted molar refractivity (Wildman–Crippen MR) is 136 cm³/mol. The first-order valence-corrected chi connectivity index (χ1v) is 11.5. The van der Waals surface area contributed by atoms with E-state index in [-0.39, 0.29) is 11.5 Å². The number of aliphatic hydroxyl groups is 1. The van der Waals surface area contributed by atoms with Gasteiger partial charge in [0.2, 0.25) is 0 Å². The Bertz CT molecular complexity index is 1330. The molecule has 0 radical (unpaired) electrons. The number of aryl methyl sites for hydroxylation is 1. The summed E-state index contributed by atoms with van der Waals surface area (Å²) in [6.45, 7) is 7.89. The van der Waals surface area contributed by atoms with Crippen LogP contribution in [0.5, 0.6) is 0 Å². The maximum atomic E-state index is 11.3. The first-order chi connectivity index (χ1) is 16.7. The highest BCUT2D eigenvalue weighted by molar-refractivity contribution is 5.89. The second-order valence-corrected chi connectivity index (χ2v) is 9.18. The lowest BCUT2D eigenvalue weighted by Gasteiger charge is -2.23. The Morgan fingerprint density at radius 1 is 1.06 bits per heavy atom. The number of carbonyl (C=O) groups is 1. The van der Waals surface area contributed by atoms with E-state index in [4.69, 9.17) is 5.73 Å². The van der Waals surface area contributed by atoms with Gasteiger partial charge >= 0.3 is 6.03 Å². The predicted octanol–water partition coefficient (Wildman–Crippen LogP) is 4.32. The van der Waals surface area contributed by atoms with Crippen LogP contribution in [0.3, 0.4) is 0 Å². The molecule has 35 heavy (non-hydrogen) atoms. The van der Waals surface area contributed by atoms with Crippen LogP contribution in [0.25, 0.3) is 16.9 Å². The third-order valence-electron chi connectivity index (χ3n) is 6.38. The molecule has 0 spiro atoms. The third kappa shape index (κ3) is 4.93. The lowest BCUT2D eigenvalue weighted by atomic mass is 9.85. The Kier molecular flexibility index (Phi) is 6.66. The van der Waals surface area contributed by atoms with Gasteiger partial charge in [-0.25, -0.2) is 19.4 Å². The van der Waals surface area contributed by atoms with Crippen LogP contribution in [-0.4, -0.2) is 37.0 Å². The van der Waals surface area contributed by atoms with Crippen molar-refractivity contribution in [2.75, 3.05) is 5.32 Å². The molecule has 1 aliphatic rings. The molecule has 0 fully saturated rings. The number of hydrogen-bond donors (Lipinski definition) is 3. The number of primary amides is 1. The smallest absolute Gasteiger partial charge is 0.317 e. The Morgan fingerprint density at radius 3 is 2.31 bits per heavy atom. The molecule has 4 aromatic rings. The summed E-state index contributed by atoms with van der Waals surface area (Å²) in [7, 11) is 0. The summed E-state index contributed by atoms with van der Waals surface area (Å²) in [4.78, 5) is 19.7. The Hall–Kier alpha value is -4.04. The molecule has 2 amide bonds. The molecule has 2 heterocycles. The van der Waals surface area contributed by atoms with Gasteiger partial charge in [-0.05, 0) is 43.5 Å². The van der Waals surface area contributed by atoms with Crippen LogP contribution in [0.2, 0.25) is 0 Å². The molecule has 0 bridgehead atoms. The Labute approximate surface area is 204 Å². The van der Waals surface area contributed by atoms with Crippen molar-refractivity contribution < 1.29 is 9.90 Å². The summed E-state index contributed by atoms with van der Waals surface area (Å²) in [5.74, 6) is 1.21. The van der Waals surface area contributed by atoms with Gasteiger partial charge < -0.3 is 10.8 Å². The molecular formula is C27H30N6O2. The number of nitrogens with one attached hydrogen (secondary N) is 1. The van der Waals surface area contributed by atoms with Gasteiger partial charge in [0.15, 0.2) is 0 Å². The fourth-order valence-electron chi connectivity index (χ4n) is 4.27. The number of benzene rings is 2. The molecular weight excluding hydrogens is 440 g/mol. The number of amides is 2. The van der Waals surface area contributed by atoms with E-state index in [1.807, 2.05) is 56.3 Å². The van der Waals surface area contributed by atoms with Crippen LogP contribution >= 0.6 is 0 Å². The molecule has 2 aromatic carbocycles. The van der Waals surface area contributed by atoms with Gasteiger partial charge in [-0.15, -0.1) is 0 Å². The van der Waals surface area contributed by atoms with Gasteiger partial charge in [0, 0.05) is 28.9 Å². The molecule has 1 aliphatic carbocycles. The highest BCUT2D eigenvalue weighted by Gasteiger charge is 2.37. The first kappa shape index (κ1) is 24.1. The maximum absolute atomic E-state index is 11.3. The number of aliphatic hydroxyl groups excluding tert-OH is 1. The van der Waals surface area contributed by atoms with Crippen LogP contribution in [0.15, 0.2) is 67.0 Å². The number of urea groups is 1. The topological polar surface area (TPSA) is 119 Å². The van der Waals surface area contributed by atoms with Gasteiger partial charge in [-0.3, -0.25) is 5.32 Å². The molecule has 180 valence electrons. The lowest BCUT2D eigenvalue weighted by molar-refractivity contribution is 0.116. The Morgan fingerprint density at radius 2 is 1.69 bits per heavy atom. The van der Waals surface area contributed by atoms with Gasteiger partial charge in [-0.2, -0.15) is 5.10 Å². The number of nitrogens with zero attached hydrogens (tertiary/aromatic N) is 4. The molecule has 8 heteroatoms. The molecule has 0 aliphatic heterocycles. The second kappa shape index (κ2) is 9.68. The van der Waals surface area contributed by atoms with Gasteiger partial charge in [0.25, 0.3) is 0 Å². The van der Waals surface area contributed by atoms with Crippen LogP contribution in [0.1, 0.15) is 36.4 Å². The SMILES string of the molecule is CC1(C)c2ccccc2CC1O.Cc1ncc(-c2nn(-c3ccccc3)c(NC(N)=O)c2C)cn1. The highest BCUT2D eigenvalue weighted by atomic mass is 16.3. The summed E-state index contributed by atoms with van der Waals surface area (Å²) in [6, 6.07) is 17.2. The van der Waals surface area contributed by atoms with E-state index in [9.17, 15) is 9.90 Å². The zero-order chi connectivity index (χ0) is 25.2. The number of nitrogens with two attached hydrogens (primary N) is 1. The van der Waals surface area contributed by atoms with Crippen LogP contribution in [-0.2, 0) is 11.8 Å². The van der Waals surface area contributed by atoms with Crippen molar-refractivity contribution in [3.05, 3.63) is 89.5 Å². The number of hydrogen-bond acceptors (Lipinski definition) is 5. The molecule has 1 atom stereocenters. The second-order valence-electron chi connectivity index (χ2n) is 9.18. The standard InChI is InChI=1S/C16H16N6O.C11H14O/c1-10-14(12-8-18-11(2)19-9-12)21-22(15(10)20-16(17)23)13-6-4-3-5-7-13;1-11(2)9-6-4-3-5-8(9)7-10(11)12/h3-9H,1-2H3,(H3,17,20,23);3-6,10,12H,7H2,1-2H3. The summed E-state index contributed by atoms with van der Waals surface area (Å²) >= 11 is 0. The van der Waals surface area contributed by atoms with Crippen molar-refractivity contribution in [3.63, 3.8) is 0 Å². The average Bonchev–Trinajstić information content (AvgIpc) is 3.28. The average molecular weight is 471 g/mol. The van der Waals surface area contributed by atoms with Crippen molar-refractivity contribution in [1.29, 1.82) is 0 Å². The van der Waals surface area contributed by atoms with Crippen LogP contribution in [0.4, 0.5) is 10.6 Å². The Balaban J connectivity index is 0.000000201. The number of para-hydroxylation sites is 1. The minimum atomic E-state index is -0.642. The number of aromatic nitrogens is 4. The van der Waals surface area contributed by atoms with Crippen molar-refractivity contribution >= 4 is 11.8 Å². The minimum absolute atomic E-state index is 0.0589. The summed E-state index contributed by atoms with van der Waals surface area (Å²) in [5.41, 5.74) is 10.9. The minimum Gasteiger partial charge on any atom is -0.392 e. The van der Waals surface area contributed by atoms with E-state index in [1.165, 1.54) is 11.1 Å². The highest BCUT2D eigenvalue weighted by Crippen LogP contribution is 2.38. The van der Waals surface area contributed by atoms with Crippen LogP contribution in [0, 0.1) is 13.8 Å². The summed E-state index contributed by atoms with van der Waals surface area (Å²) in [6.07, 6.45) is 4.01. The quantitative estimate of drug-likeness (QED) is 0.412. The molecule has 0 saturated carbocycles. The molecule has 8 nitrogen and oxygen atoms in total. The van der Waals surface area contributed by atoms with E-state index in [0.717, 1.165) is 23.2 Å². The monoisotopic (exact) mass is 470 g/mol. The van der Waals surface area contributed by atoms with Crippen molar-refractivity contribution in [1.82, 2.24) is 19.7 Å². The zero-order valence-electron chi connectivity index (χ0n) is 20.4. The van der Waals surface area contributed by atoms with Gasteiger partial charge in [0.1, 0.15) is 17.3 Å². The number of carbonyl (C=O) groups excluding carboxylic acids is 1. The van der Waals surface area contributed by atoms with E-state index >= 15 is 0 Å². The summed E-state index contributed by atoms with van der Waals surface area (Å²) in [5, 5.41) is 17.0. The molecule has 1 unspecified atom stereocenters. The molecule has 4 N–H and O–H groups in total. The van der Waals surface area contributed by atoms with E-state index in [1.54, 1.807) is 17.1 Å². The zero-order valence-corrected chi connectivity index (χ0v) is 20.4. The summed E-state index contributed by atoms with van der Waals surface area (Å²) < 4.78 is 1.65. The third-order valence-corrected chi connectivity index (χ3v) is 6.38. The number of rotatable bonds is 3. The van der Waals surface area contributed by atoms with Crippen molar-refractivity contribution in [2.24, 2.45) is 5.73 Å². The molecule has 5 rings (SSSR count). The molecule has 2 aromatic heterocycles. The van der Waals surface area contributed by atoms with E-state index in [2.05, 4.69) is 46.4 Å². The van der Waals surface area contributed by atoms with Crippen molar-refractivity contribution in [3.8, 4) is 16.9 Å². The largest absolute Gasteiger partial charge is 0.392 e. The number of fused-ring (bicyclic) bond motifs is 1. The first-order valence-electron chi connectivity index (χ1n) is 11.5. The fraction of sp³-hybridized carbons (Fsp3) is 0.259. The number of anilines is 1.